The van der Waals surface area contributed by atoms with Crippen LogP contribution in [-0.4, -0.2) is 19.9 Å². The molecule has 0 amide bonds. The van der Waals surface area contributed by atoms with Crippen molar-refractivity contribution in [3.63, 3.8) is 0 Å². The third-order valence-electron chi connectivity index (χ3n) is 2.29. The maximum Gasteiger partial charge on any atom is 0.348 e. The average Bonchev–Trinajstić information content (AvgIpc) is 2.83. The van der Waals surface area contributed by atoms with E-state index in [2.05, 4.69) is 4.74 Å². The van der Waals surface area contributed by atoms with Crippen molar-refractivity contribution in [3.8, 4) is 17.6 Å². The molecule has 1 aromatic rings. The van der Waals surface area contributed by atoms with Gasteiger partial charge in [-0.2, -0.15) is 5.26 Å². The Bertz CT molecular complexity index is 574. The Labute approximate surface area is 108 Å². The Kier molecular flexibility index (Phi) is 3.40. The van der Waals surface area contributed by atoms with E-state index >= 15 is 0 Å². The Morgan fingerprint density at radius 3 is 3.00 bits per heavy atom. The van der Waals surface area contributed by atoms with Crippen LogP contribution in [0.1, 0.15) is 5.56 Å². The summed E-state index contributed by atoms with van der Waals surface area (Å²) in [5.74, 6) is 0.243. The number of ether oxygens (including phenoxy) is 3. The van der Waals surface area contributed by atoms with Crippen molar-refractivity contribution in [1.29, 1.82) is 5.26 Å². The van der Waals surface area contributed by atoms with Crippen LogP contribution in [0.2, 0.25) is 5.02 Å². The molecule has 1 aliphatic heterocycles. The highest BCUT2D eigenvalue weighted by Gasteiger charge is 2.18. The molecule has 0 atom stereocenters. The number of carbonyl (C=O) groups is 1. The number of carbonyl (C=O) groups excluding carboxylic acids is 1. The van der Waals surface area contributed by atoms with Gasteiger partial charge in [0, 0.05) is 0 Å². The van der Waals surface area contributed by atoms with Gasteiger partial charge in [0.1, 0.15) is 11.6 Å². The molecular weight excluding hydrogens is 258 g/mol. The average molecular weight is 266 g/mol. The van der Waals surface area contributed by atoms with Gasteiger partial charge in [-0.3, -0.25) is 0 Å². The van der Waals surface area contributed by atoms with E-state index in [0.29, 0.717) is 22.1 Å². The minimum absolute atomic E-state index is 0.102. The van der Waals surface area contributed by atoms with E-state index in [1.54, 1.807) is 18.2 Å². The van der Waals surface area contributed by atoms with Crippen LogP contribution in [-0.2, 0) is 9.53 Å². The van der Waals surface area contributed by atoms with Gasteiger partial charge in [-0.1, -0.05) is 11.6 Å². The number of esters is 1. The lowest BCUT2D eigenvalue weighted by Crippen LogP contribution is -2.02. The molecule has 6 heteroatoms. The molecule has 0 radical (unpaired) electrons. The van der Waals surface area contributed by atoms with Crippen LogP contribution in [0.5, 0.6) is 11.5 Å². The molecule has 1 aromatic carbocycles. The van der Waals surface area contributed by atoms with E-state index in [1.165, 1.54) is 13.2 Å². The second-order valence-electron chi connectivity index (χ2n) is 3.40. The number of fused-ring (bicyclic) bond motifs is 1. The third kappa shape index (κ3) is 2.24. The zero-order valence-electron chi connectivity index (χ0n) is 9.40. The number of nitriles is 1. The van der Waals surface area contributed by atoms with Crippen molar-refractivity contribution in [2.75, 3.05) is 13.9 Å². The number of hydrogen-bond donors (Lipinski definition) is 0. The van der Waals surface area contributed by atoms with Gasteiger partial charge in [0.15, 0.2) is 11.5 Å². The zero-order chi connectivity index (χ0) is 13.1. The largest absolute Gasteiger partial charge is 0.465 e. The summed E-state index contributed by atoms with van der Waals surface area (Å²) < 4.78 is 14.8. The van der Waals surface area contributed by atoms with Crippen LogP contribution in [0, 0.1) is 11.3 Å². The second kappa shape index (κ2) is 4.98. The molecule has 0 unspecified atom stereocenters. The van der Waals surface area contributed by atoms with Crippen molar-refractivity contribution < 1.29 is 19.0 Å². The molecule has 0 aromatic heterocycles. The van der Waals surface area contributed by atoms with Crippen molar-refractivity contribution >= 4 is 23.6 Å². The molecule has 2 rings (SSSR count). The SMILES string of the molecule is COC(=O)/C(C#N)=C/c1cc(Cl)c2c(c1)OCO2. The lowest BCUT2D eigenvalue weighted by atomic mass is 10.1. The summed E-state index contributed by atoms with van der Waals surface area (Å²) >= 11 is 5.98. The molecule has 0 saturated carbocycles. The van der Waals surface area contributed by atoms with E-state index in [0.717, 1.165) is 0 Å². The van der Waals surface area contributed by atoms with Crippen LogP contribution >= 0.6 is 11.6 Å². The number of halogens is 1. The molecule has 92 valence electrons. The highest BCUT2D eigenvalue weighted by molar-refractivity contribution is 6.32. The molecule has 0 aliphatic carbocycles. The van der Waals surface area contributed by atoms with Gasteiger partial charge in [0.05, 0.1) is 12.1 Å². The van der Waals surface area contributed by atoms with E-state index in [1.807, 2.05) is 0 Å². The summed E-state index contributed by atoms with van der Waals surface area (Å²) in [4.78, 5) is 11.3. The number of rotatable bonds is 2. The smallest absolute Gasteiger partial charge is 0.348 e. The predicted octanol–water partition coefficient (Wildman–Crippen LogP) is 2.15. The van der Waals surface area contributed by atoms with Gasteiger partial charge >= 0.3 is 5.97 Å². The predicted molar refractivity (Wildman–Crippen MR) is 63.2 cm³/mol. The number of methoxy groups -OCH3 is 1. The summed E-state index contributed by atoms with van der Waals surface area (Å²) in [5, 5.41) is 9.20. The van der Waals surface area contributed by atoms with Crippen LogP contribution in [0.15, 0.2) is 17.7 Å². The molecular formula is C12H8ClNO4. The summed E-state index contributed by atoms with van der Waals surface area (Å²) in [7, 11) is 1.21. The maximum atomic E-state index is 11.3. The number of hydrogen-bond acceptors (Lipinski definition) is 5. The first-order valence-electron chi connectivity index (χ1n) is 4.95. The summed E-state index contributed by atoms with van der Waals surface area (Å²) in [5.41, 5.74) is 0.443. The van der Waals surface area contributed by atoms with Crippen LogP contribution in [0.4, 0.5) is 0 Å². The van der Waals surface area contributed by atoms with E-state index in [-0.39, 0.29) is 12.4 Å². The molecule has 0 spiro atoms. The Balaban J connectivity index is 2.41. The van der Waals surface area contributed by atoms with Crippen LogP contribution in [0.3, 0.4) is 0 Å². The van der Waals surface area contributed by atoms with Gasteiger partial charge in [0.25, 0.3) is 0 Å². The van der Waals surface area contributed by atoms with Crippen molar-refractivity contribution in [1.82, 2.24) is 0 Å². The monoisotopic (exact) mass is 265 g/mol. The van der Waals surface area contributed by atoms with Gasteiger partial charge in [-0.25, -0.2) is 4.79 Å². The molecule has 5 nitrogen and oxygen atoms in total. The quantitative estimate of drug-likeness (QED) is 0.466. The van der Waals surface area contributed by atoms with Gasteiger partial charge in [-0.05, 0) is 23.8 Å². The first-order chi connectivity index (χ1) is 8.65. The van der Waals surface area contributed by atoms with E-state index < -0.39 is 5.97 Å². The Morgan fingerprint density at radius 1 is 1.56 bits per heavy atom. The lowest BCUT2D eigenvalue weighted by molar-refractivity contribution is -0.135. The summed E-state index contributed by atoms with van der Waals surface area (Å²) in [6.45, 7) is 0.102. The summed E-state index contributed by atoms with van der Waals surface area (Å²) in [6.07, 6.45) is 1.37. The minimum atomic E-state index is -0.703. The normalized spacial score (nSPS) is 13.1. The van der Waals surface area contributed by atoms with Crippen molar-refractivity contribution in [3.05, 3.63) is 28.3 Å². The molecule has 0 fully saturated rings. The highest BCUT2D eigenvalue weighted by Crippen LogP contribution is 2.40. The van der Waals surface area contributed by atoms with Crippen molar-refractivity contribution in [2.45, 2.75) is 0 Å². The fraction of sp³-hybridized carbons (Fsp3) is 0.167. The second-order valence-corrected chi connectivity index (χ2v) is 3.81. The highest BCUT2D eigenvalue weighted by atomic mass is 35.5. The molecule has 0 N–H and O–H groups in total. The topological polar surface area (TPSA) is 68.6 Å². The van der Waals surface area contributed by atoms with Gasteiger partial charge in [0.2, 0.25) is 6.79 Å². The molecule has 1 heterocycles. The molecule has 0 bridgehead atoms. The van der Waals surface area contributed by atoms with Crippen molar-refractivity contribution in [2.24, 2.45) is 0 Å². The minimum Gasteiger partial charge on any atom is -0.465 e. The van der Waals surface area contributed by atoms with Crippen LogP contribution in [0.25, 0.3) is 6.08 Å². The maximum absolute atomic E-state index is 11.3. The zero-order valence-corrected chi connectivity index (χ0v) is 10.2. The standard InChI is InChI=1S/C12H8ClNO4/c1-16-12(15)8(5-14)2-7-3-9(13)11-10(4-7)17-6-18-11/h2-4H,6H2,1H3/b8-2+. The fourth-order valence-corrected chi connectivity index (χ4v) is 1.76. The first kappa shape index (κ1) is 12.3. The van der Waals surface area contributed by atoms with Crippen LogP contribution < -0.4 is 9.47 Å². The third-order valence-corrected chi connectivity index (χ3v) is 2.57. The Morgan fingerprint density at radius 2 is 2.33 bits per heavy atom. The van der Waals surface area contributed by atoms with E-state index in [4.69, 9.17) is 26.3 Å². The lowest BCUT2D eigenvalue weighted by Gasteiger charge is -2.02. The molecule has 18 heavy (non-hydrogen) atoms. The first-order valence-corrected chi connectivity index (χ1v) is 5.32. The number of benzene rings is 1. The van der Waals surface area contributed by atoms with Gasteiger partial charge < -0.3 is 14.2 Å². The van der Waals surface area contributed by atoms with Gasteiger partial charge in [-0.15, -0.1) is 0 Å². The Hall–Kier alpha value is -2.19. The number of nitrogens with zero attached hydrogens (tertiary/aromatic N) is 1. The fourth-order valence-electron chi connectivity index (χ4n) is 1.48. The van der Waals surface area contributed by atoms with E-state index in [9.17, 15) is 4.79 Å². The molecule has 0 saturated heterocycles. The molecule has 1 aliphatic rings. The summed E-state index contributed by atoms with van der Waals surface area (Å²) in [6, 6.07) is 4.97.